The minimum absolute atomic E-state index is 0.150. The number of hydrogen-bond acceptors (Lipinski definition) is 6. The zero-order valence-electron chi connectivity index (χ0n) is 17.4. The van der Waals surface area contributed by atoms with Gasteiger partial charge in [-0.3, -0.25) is 19.2 Å². The Morgan fingerprint density at radius 3 is 1.76 bits per heavy atom. The second-order valence-corrected chi connectivity index (χ2v) is 7.56. The van der Waals surface area contributed by atoms with E-state index in [0.717, 1.165) is 0 Å². The molecule has 0 aromatic carbocycles. The Morgan fingerprint density at radius 1 is 0.793 bits per heavy atom. The third-order valence-corrected chi connectivity index (χ3v) is 4.28. The van der Waals surface area contributed by atoms with Gasteiger partial charge in [-0.1, -0.05) is 27.7 Å². The van der Waals surface area contributed by atoms with Gasteiger partial charge in [-0.2, -0.15) is 0 Å². The molecule has 166 valence electrons. The first-order chi connectivity index (χ1) is 13.3. The minimum Gasteiger partial charge on any atom is -0.481 e. The normalized spacial score (nSPS) is 15.2. The molecule has 11 heteroatoms. The van der Waals surface area contributed by atoms with Crippen molar-refractivity contribution in [2.75, 3.05) is 0 Å². The lowest BCUT2D eigenvalue weighted by Crippen LogP contribution is -2.57. The molecule has 11 nitrogen and oxygen atoms in total. The Bertz CT molecular complexity index is 621. The van der Waals surface area contributed by atoms with Crippen molar-refractivity contribution < 1.29 is 34.2 Å². The summed E-state index contributed by atoms with van der Waals surface area (Å²) >= 11 is 0. The van der Waals surface area contributed by atoms with Crippen molar-refractivity contribution in [3.8, 4) is 0 Å². The summed E-state index contributed by atoms with van der Waals surface area (Å²) in [6, 6.07) is -4.34. The van der Waals surface area contributed by atoms with Gasteiger partial charge in [0.25, 0.3) is 0 Å². The van der Waals surface area contributed by atoms with Crippen molar-refractivity contribution in [3.05, 3.63) is 0 Å². The number of carbonyl (C=O) groups excluding carboxylic acids is 3. The van der Waals surface area contributed by atoms with Gasteiger partial charge in [0.2, 0.25) is 17.7 Å². The summed E-state index contributed by atoms with van der Waals surface area (Å²) in [5.41, 5.74) is 5.72. The lowest BCUT2D eigenvalue weighted by atomic mass is 10.0. The highest BCUT2D eigenvalue weighted by atomic mass is 16.4. The first-order valence-corrected chi connectivity index (χ1v) is 9.39. The SMILES string of the molecule is CC(NC(=O)C(N)C(C)C)C(=O)NC(CCC(=O)O)C(=O)NC(C(=O)O)C(C)C. The molecule has 4 unspecified atom stereocenters. The van der Waals surface area contributed by atoms with Gasteiger partial charge >= 0.3 is 11.9 Å². The van der Waals surface area contributed by atoms with E-state index in [4.69, 9.17) is 10.8 Å². The molecule has 0 bridgehead atoms. The molecule has 0 heterocycles. The molecule has 0 saturated heterocycles. The van der Waals surface area contributed by atoms with E-state index < -0.39 is 66.2 Å². The minimum atomic E-state index is -1.28. The van der Waals surface area contributed by atoms with Gasteiger partial charge in [-0.25, -0.2) is 4.79 Å². The summed E-state index contributed by atoms with van der Waals surface area (Å²) in [6.45, 7) is 8.07. The maximum atomic E-state index is 12.5. The highest BCUT2D eigenvalue weighted by Crippen LogP contribution is 2.05. The molecule has 0 aromatic heterocycles. The van der Waals surface area contributed by atoms with Crippen LogP contribution in [-0.2, 0) is 24.0 Å². The number of nitrogens with two attached hydrogens (primary N) is 1. The van der Waals surface area contributed by atoms with Gasteiger partial charge in [0.15, 0.2) is 0 Å². The Hall–Kier alpha value is -2.69. The molecule has 29 heavy (non-hydrogen) atoms. The van der Waals surface area contributed by atoms with Crippen molar-refractivity contribution >= 4 is 29.7 Å². The average molecular weight is 416 g/mol. The predicted octanol–water partition coefficient (Wildman–Crippen LogP) is -0.951. The lowest BCUT2D eigenvalue weighted by Gasteiger charge is -2.25. The molecule has 0 fully saturated rings. The first-order valence-electron chi connectivity index (χ1n) is 9.39. The van der Waals surface area contributed by atoms with Crippen LogP contribution >= 0.6 is 0 Å². The van der Waals surface area contributed by atoms with Gasteiger partial charge in [0.05, 0.1) is 6.04 Å². The zero-order valence-corrected chi connectivity index (χ0v) is 17.4. The van der Waals surface area contributed by atoms with Crippen LogP contribution in [0.5, 0.6) is 0 Å². The second-order valence-electron chi connectivity index (χ2n) is 7.56. The van der Waals surface area contributed by atoms with Crippen molar-refractivity contribution in [3.63, 3.8) is 0 Å². The molecule has 0 radical (unpaired) electrons. The molecule has 4 atom stereocenters. The molecule has 3 amide bonds. The molecular weight excluding hydrogens is 384 g/mol. The number of nitrogens with one attached hydrogen (secondary N) is 3. The lowest BCUT2D eigenvalue weighted by molar-refractivity contribution is -0.144. The van der Waals surface area contributed by atoms with Crippen LogP contribution in [0.4, 0.5) is 0 Å². The van der Waals surface area contributed by atoms with Crippen LogP contribution in [0.25, 0.3) is 0 Å². The molecule has 0 aromatic rings. The topological polar surface area (TPSA) is 188 Å². The summed E-state index contributed by atoms with van der Waals surface area (Å²) < 4.78 is 0. The van der Waals surface area contributed by atoms with E-state index in [1.807, 2.05) is 0 Å². The maximum absolute atomic E-state index is 12.5. The summed E-state index contributed by atoms with van der Waals surface area (Å²) in [5.74, 6) is -5.10. The number of amides is 3. The number of hydrogen-bond donors (Lipinski definition) is 6. The Balaban J connectivity index is 5.19. The summed E-state index contributed by atoms with van der Waals surface area (Å²) in [4.78, 5) is 59.0. The predicted molar refractivity (Wildman–Crippen MR) is 104 cm³/mol. The van der Waals surface area contributed by atoms with Gasteiger partial charge in [0.1, 0.15) is 18.1 Å². The van der Waals surface area contributed by atoms with Crippen molar-refractivity contribution in [2.24, 2.45) is 17.6 Å². The molecule has 0 aliphatic carbocycles. The van der Waals surface area contributed by atoms with Gasteiger partial charge in [-0.15, -0.1) is 0 Å². The quantitative estimate of drug-likeness (QED) is 0.235. The first kappa shape index (κ1) is 26.3. The van der Waals surface area contributed by atoms with Crippen LogP contribution in [0, 0.1) is 11.8 Å². The molecule has 0 rings (SSSR count). The average Bonchev–Trinajstić information content (AvgIpc) is 2.60. The summed E-state index contributed by atoms with van der Waals surface area (Å²) in [7, 11) is 0. The monoisotopic (exact) mass is 416 g/mol. The zero-order chi connectivity index (χ0) is 22.9. The van der Waals surface area contributed by atoms with E-state index in [1.54, 1.807) is 27.7 Å². The maximum Gasteiger partial charge on any atom is 0.326 e. The number of rotatable bonds is 12. The molecule has 7 N–H and O–H groups in total. The van der Waals surface area contributed by atoms with E-state index >= 15 is 0 Å². The second kappa shape index (κ2) is 12.0. The van der Waals surface area contributed by atoms with E-state index in [0.29, 0.717) is 0 Å². The fourth-order valence-corrected chi connectivity index (χ4v) is 2.28. The number of carboxylic acid groups (broad SMARTS) is 2. The molecular formula is C18H32N4O7. The largest absolute Gasteiger partial charge is 0.481 e. The number of carbonyl (C=O) groups is 5. The summed E-state index contributed by atoms with van der Waals surface area (Å²) in [6.07, 6.45) is -0.666. The molecule has 0 aliphatic rings. The number of carboxylic acids is 2. The van der Waals surface area contributed by atoms with Gasteiger partial charge < -0.3 is 31.9 Å². The highest BCUT2D eigenvalue weighted by Gasteiger charge is 2.30. The third-order valence-electron chi connectivity index (χ3n) is 4.28. The van der Waals surface area contributed by atoms with Crippen LogP contribution in [0.2, 0.25) is 0 Å². The van der Waals surface area contributed by atoms with Gasteiger partial charge in [0, 0.05) is 6.42 Å². The fourth-order valence-electron chi connectivity index (χ4n) is 2.28. The van der Waals surface area contributed by atoms with E-state index in [-0.39, 0.29) is 12.3 Å². The van der Waals surface area contributed by atoms with Crippen molar-refractivity contribution in [1.82, 2.24) is 16.0 Å². The van der Waals surface area contributed by atoms with Crippen LogP contribution < -0.4 is 21.7 Å². The standard InChI is InChI=1S/C18H32N4O7/c1-8(2)13(19)17(27)20-10(5)15(25)21-11(6-7-12(23)24)16(26)22-14(9(3)4)18(28)29/h8-11,13-14H,6-7,19H2,1-5H3,(H,20,27)(H,21,25)(H,22,26)(H,23,24)(H,28,29). The highest BCUT2D eigenvalue weighted by molar-refractivity contribution is 5.94. The molecule has 0 saturated carbocycles. The van der Waals surface area contributed by atoms with Crippen LogP contribution in [0.1, 0.15) is 47.5 Å². The van der Waals surface area contributed by atoms with E-state index in [2.05, 4.69) is 16.0 Å². The Kier molecular flexibility index (Phi) is 10.9. The smallest absolute Gasteiger partial charge is 0.326 e. The number of aliphatic carboxylic acids is 2. The Labute approximate surface area is 169 Å². The molecule has 0 aliphatic heterocycles. The molecule has 0 spiro atoms. The van der Waals surface area contributed by atoms with Gasteiger partial charge in [-0.05, 0) is 25.2 Å². The third kappa shape index (κ3) is 9.37. The van der Waals surface area contributed by atoms with Crippen LogP contribution in [0.3, 0.4) is 0 Å². The van der Waals surface area contributed by atoms with E-state index in [9.17, 15) is 29.1 Å². The van der Waals surface area contributed by atoms with Crippen molar-refractivity contribution in [2.45, 2.75) is 71.6 Å². The summed E-state index contributed by atoms with van der Waals surface area (Å²) in [5, 5.41) is 25.2. The Morgan fingerprint density at radius 2 is 1.34 bits per heavy atom. The fraction of sp³-hybridized carbons (Fsp3) is 0.722. The van der Waals surface area contributed by atoms with Crippen LogP contribution in [0.15, 0.2) is 0 Å². The van der Waals surface area contributed by atoms with Crippen molar-refractivity contribution in [1.29, 1.82) is 0 Å². The van der Waals surface area contributed by atoms with Crippen LogP contribution in [-0.4, -0.2) is 64.0 Å². The van der Waals surface area contributed by atoms with E-state index in [1.165, 1.54) is 6.92 Å².